The average Bonchev–Trinajstić information content (AvgIpc) is 4.16. The first kappa shape index (κ1) is 38.5. The van der Waals surface area contributed by atoms with Crippen LogP contribution in [-0.4, -0.2) is 33.2 Å². The summed E-state index contributed by atoms with van der Waals surface area (Å²) in [6.45, 7) is 0. The number of hydrogen-bond acceptors (Lipinski definition) is 3. The molecule has 0 unspecified atom stereocenters. The van der Waals surface area contributed by atoms with Crippen LogP contribution in [0.2, 0.25) is 0 Å². The second-order valence-electron chi connectivity index (χ2n) is 18.0. The maximum Gasteiger partial charge on any atom is 0.240 e. The third kappa shape index (κ3) is 5.60. The van der Waals surface area contributed by atoms with Crippen LogP contribution < -0.4 is 0 Å². The molecule has 0 aliphatic rings. The molecular weight excluding hydrogens is 855 g/mol. The van der Waals surface area contributed by atoms with Gasteiger partial charge >= 0.3 is 0 Å². The molecule has 70 heavy (non-hydrogen) atoms. The second kappa shape index (κ2) is 15.0. The minimum atomic E-state index is 0.549. The highest BCUT2D eigenvalue weighted by molar-refractivity contribution is 6.26. The van der Waals surface area contributed by atoms with Crippen LogP contribution in [0.15, 0.2) is 237 Å². The number of fused-ring (bicyclic) bond motifs is 13. The van der Waals surface area contributed by atoms with Gasteiger partial charge in [0.2, 0.25) is 11.9 Å². The second-order valence-corrected chi connectivity index (χ2v) is 18.0. The van der Waals surface area contributed by atoms with Crippen molar-refractivity contribution >= 4 is 87.2 Å². The van der Waals surface area contributed by atoms with E-state index >= 15 is 0 Å². The molecule has 0 aliphatic heterocycles. The fourth-order valence-electron chi connectivity index (χ4n) is 11.3. The molecule has 326 valence electrons. The molecule has 0 amide bonds. The summed E-state index contributed by atoms with van der Waals surface area (Å²) in [5.74, 6) is 1.67. The molecule has 5 heterocycles. The maximum atomic E-state index is 5.44. The molecule has 10 aromatic carbocycles. The van der Waals surface area contributed by atoms with Crippen molar-refractivity contribution in [3.05, 3.63) is 237 Å². The molecule has 0 N–H and O–H groups in total. The number of rotatable bonds is 6. The van der Waals surface area contributed by atoms with Crippen molar-refractivity contribution in [2.45, 2.75) is 0 Å². The molecule has 0 spiro atoms. The quantitative estimate of drug-likeness (QED) is 0.167. The zero-order chi connectivity index (χ0) is 45.9. The van der Waals surface area contributed by atoms with Crippen LogP contribution in [0.3, 0.4) is 0 Å². The number of benzene rings is 10. The molecule has 0 atom stereocenters. The van der Waals surface area contributed by atoms with E-state index in [0.717, 1.165) is 82.6 Å². The van der Waals surface area contributed by atoms with Crippen molar-refractivity contribution in [1.29, 1.82) is 0 Å². The summed E-state index contributed by atoms with van der Waals surface area (Å²) in [6, 6.07) is 84.4. The molecular formula is C63H39N7. The molecule has 0 saturated heterocycles. The zero-order valence-corrected chi connectivity index (χ0v) is 37.6. The molecule has 15 rings (SSSR count). The number of nitrogens with zero attached hydrogens (tertiary/aromatic N) is 7. The van der Waals surface area contributed by atoms with Gasteiger partial charge in [0.15, 0.2) is 5.82 Å². The largest absolute Gasteiger partial charge is 0.309 e. The summed E-state index contributed by atoms with van der Waals surface area (Å²) in [7, 11) is 0. The van der Waals surface area contributed by atoms with Crippen LogP contribution in [0.4, 0.5) is 0 Å². The Bertz CT molecular complexity index is 4370. The zero-order valence-electron chi connectivity index (χ0n) is 37.6. The molecule has 15 aromatic rings. The minimum absolute atomic E-state index is 0.549. The van der Waals surface area contributed by atoms with E-state index in [1.807, 2.05) is 0 Å². The first-order valence-corrected chi connectivity index (χ1v) is 23.7. The number of hydrogen-bond donors (Lipinski definition) is 0. The predicted molar refractivity (Wildman–Crippen MR) is 288 cm³/mol. The Morgan fingerprint density at radius 3 is 1.19 bits per heavy atom. The van der Waals surface area contributed by atoms with Gasteiger partial charge < -0.3 is 9.13 Å². The Morgan fingerprint density at radius 2 is 0.643 bits per heavy atom. The lowest BCUT2D eigenvalue weighted by Gasteiger charge is -2.14. The van der Waals surface area contributed by atoms with E-state index in [1.165, 1.54) is 32.7 Å². The highest BCUT2D eigenvalue weighted by atomic mass is 15.3. The Labute approximate surface area is 401 Å². The van der Waals surface area contributed by atoms with Gasteiger partial charge in [-0.3, -0.25) is 9.13 Å². The van der Waals surface area contributed by atoms with Crippen molar-refractivity contribution in [2.24, 2.45) is 0 Å². The van der Waals surface area contributed by atoms with Gasteiger partial charge in [0, 0.05) is 60.0 Å². The monoisotopic (exact) mass is 893 g/mol. The molecule has 0 fully saturated rings. The Morgan fingerprint density at radius 1 is 0.243 bits per heavy atom. The fraction of sp³-hybridized carbons (Fsp3) is 0. The average molecular weight is 894 g/mol. The van der Waals surface area contributed by atoms with Crippen molar-refractivity contribution in [3.8, 4) is 45.8 Å². The third-order valence-corrected chi connectivity index (χ3v) is 14.2. The summed E-state index contributed by atoms with van der Waals surface area (Å²) >= 11 is 0. The number of para-hydroxylation sites is 6. The van der Waals surface area contributed by atoms with Crippen molar-refractivity contribution in [2.75, 3.05) is 0 Å². The normalized spacial score (nSPS) is 12.0. The van der Waals surface area contributed by atoms with Crippen LogP contribution >= 0.6 is 0 Å². The highest BCUT2D eigenvalue weighted by Crippen LogP contribution is 2.43. The van der Waals surface area contributed by atoms with Gasteiger partial charge in [0.1, 0.15) is 0 Å². The van der Waals surface area contributed by atoms with Gasteiger partial charge in [-0.05, 0) is 77.9 Å². The molecule has 0 saturated carbocycles. The first-order valence-electron chi connectivity index (χ1n) is 23.7. The molecule has 5 aromatic heterocycles. The lowest BCUT2D eigenvalue weighted by atomic mass is 10.1. The van der Waals surface area contributed by atoms with Gasteiger partial charge in [-0.1, -0.05) is 170 Å². The first-order chi connectivity index (χ1) is 34.7. The topological polar surface area (TPSA) is 58.4 Å². The van der Waals surface area contributed by atoms with Crippen molar-refractivity contribution in [3.63, 3.8) is 0 Å². The van der Waals surface area contributed by atoms with Crippen molar-refractivity contribution in [1.82, 2.24) is 33.2 Å². The Kier molecular flexibility index (Phi) is 8.23. The van der Waals surface area contributed by atoms with Gasteiger partial charge in [-0.25, -0.2) is 0 Å². The lowest BCUT2D eigenvalue weighted by molar-refractivity contribution is 0.892. The van der Waals surface area contributed by atoms with Gasteiger partial charge in [-0.2, -0.15) is 15.0 Å². The predicted octanol–water partition coefficient (Wildman–Crippen LogP) is 15.6. The van der Waals surface area contributed by atoms with E-state index < -0.39 is 0 Å². The van der Waals surface area contributed by atoms with E-state index in [4.69, 9.17) is 15.0 Å². The smallest absolute Gasteiger partial charge is 0.240 e. The Hall–Kier alpha value is -9.59. The standard InChI is InChI=1S/C63H39N7/c1-2-18-40(19-3-1)41-20-16-22-43(38-41)67-57-35-15-9-29-51(57)59-58(67)37-36-50-49-28-8-10-30-52(49)68(60(50)59)44-23-17-21-42(39-44)61-64-62(69-53-31-11-4-24-45(53)46-25-5-12-32-54(46)69)66-63(65-61)70-55-33-13-6-26-47(55)48-27-7-14-34-56(48)70/h1-39H. The number of aromatic nitrogens is 7. The molecule has 7 nitrogen and oxygen atoms in total. The van der Waals surface area contributed by atoms with Gasteiger partial charge in [-0.15, -0.1) is 0 Å². The SMILES string of the molecule is c1ccc(-c2cccc(-n3c4ccccc4c4c3ccc3c5ccccc5n(-c5cccc(-c6nc(-n7c8ccccc8c8ccccc87)nc(-n7c8ccccc8c8ccccc87)n6)c5)c34)c2)cc1. The minimum Gasteiger partial charge on any atom is -0.309 e. The fourth-order valence-corrected chi connectivity index (χ4v) is 11.3. The summed E-state index contributed by atoms with van der Waals surface area (Å²) in [5, 5.41) is 9.34. The van der Waals surface area contributed by atoms with E-state index in [0.29, 0.717) is 17.7 Å². The van der Waals surface area contributed by atoms with E-state index in [9.17, 15) is 0 Å². The summed E-state index contributed by atoms with van der Waals surface area (Å²) in [4.78, 5) is 16.3. The van der Waals surface area contributed by atoms with Crippen LogP contribution in [0, 0.1) is 0 Å². The molecule has 7 heteroatoms. The summed E-state index contributed by atoms with van der Waals surface area (Å²) < 4.78 is 9.24. The Balaban J connectivity index is 0.995. The van der Waals surface area contributed by atoms with Gasteiger partial charge in [0.05, 0.1) is 44.1 Å². The summed E-state index contributed by atoms with van der Waals surface area (Å²) in [6.07, 6.45) is 0. The molecule has 0 bridgehead atoms. The summed E-state index contributed by atoms with van der Waals surface area (Å²) in [5.41, 5.74) is 14.1. The van der Waals surface area contributed by atoms with E-state index in [2.05, 4.69) is 255 Å². The third-order valence-electron chi connectivity index (χ3n) is 14.2. The molecule has 0 aliphatic carbocycles. The van der Waals surface area contributed by atoms with Crippen molar-refractivity contribution < 1.29 is 0 Å². The van der Waals surface area contributed by atoms with Crippen LogP contribution in [0.25, 0.3) is 133 Å². The van der Waals surface area contributed by atoms with Crippen LogP contribution in [0.1, 0.15) is 0 Å². The highest BCUT2D eigenvalue weighted by Gasteiger charge is 2.24. The van der Waals surface area contributed by atoms with Crippen LogP contribution in [0.5, 0.6) is 0 Å². The lowest BCUT2D eigenvalue weighted by Crippen LogP contribution is -2.10. The molecule has 0 radical (unpaired) electrons. The van der Waals surface area contributed by atoms with E-state index in [1.54, 1.807) is 0 Å². The maximum absolute atomic E-state index is 5.44. The van der Waals surface area contributed by atoms with E-state index in [-0.39, 0.29) is 0 Å². The van der Waals surface area contributed by atoms with Gasteiger partial charge in [0.25, 0.3) is 0 Å². The van der Waals surface area contributed by atoms with Crippen LogP contribution in [-0.2, 0) is 0 Å².